The molecule has 2 aliphatic heterocycles. The van der Waals surface area contributed by atoms with Crippen molar-refractivity contribution in [3.8, 4) is 17.1 Å². The van der Waals surface area contributed by atoms with Crippen LogP contribution < -0.4 is 15.1 Å². The Morgan fingerprint density at radius 3 is 2.59 bits per heavy atom. The largest absolute Gasteiger partial charge is 0.508 e. The van der Waals surface area contributed by atoms with Crippen LogP contribution in [-0.2, 0) is 11.2 Å². The van der Waals surface area contributed by atoms with Crippen LogP contribution in [0.2, 0.25) is 0 Å². The molecule has 0 saturated carbocycles. The van der Waals surface area contributed by atoms with Crippen molar-refractivity contribution < 1.29 is 28.2 Å². The Bertz CT molecular complexity index is 1300. The maximum Gasteiger partial charge on any atom is 0.471 e. The first-order valence-electron chi connectivity index (χ1n) is 11.9. The van der Waals surface area contributed by atoms with Gasteiger partial charge in [-0.2, -0.15) is 28.1 Å². The van der Waals surface area contributed by atoms with Gasteiger partial charge in [-0.15, -0.1) is 0 Å². The van der Waals surface area contributed by atoms with E-state index >= 15 is 0 Å². The fourth-order valence-electron chi connectivity index (χ4n) is 4.81. The molecule has 2 aromatic carbocycles. The van der Waals surface area contributed by atoms with E-state index in [0.29, 0.717) is 37.4 Å². The lowest BCUT2D eigenvalue weighted by Crippen LogP contribution is -2.44. The van der Waals surface area contributed by atoms with Crippen LogP contribution in [-0.4, -0.2) is 69.5 Å². The Hall–Kier alpha value is -3.93. The van der Waals surface area contributed by atoms with Gasteiger partial charge in [0.25, 0.3) is 0 Å². The third-order valence-electron chi connectivity index (χ3n) is 6.62. The average molecular weight is 515 g/mol. The van der Waals surface area contributed by atoms with E-state index in [1.807, 2.05) is 34.5 Å². The van der Waals surface area contributed by atoms with Crippen molar-refractivity contribution >= 4 is 17.8 Å². The van der Waals surface area contributed by atoms with E-state index in [1.54, 1.807) is 17.0 Å². The minimum atomic E-state index is -4.96. The number of phenolic OH excluding ortho intramolecular Hbond substituents is 1. The summed E-state index contributed by atoms with van der Waals surface area (Å²) in [6.07, 6.45) is -3.95. The number of fused-ring (bicyclic) bond motifs is 1. The van der Waals surface area contributed by atoms with Gasteiger partial charge in [-0.05, 0) is 36.1 Å². The minimum Gasteiger partial charge on any atom is -0.508 e. The number of halogens is 3. The van der Waals surface area contributed by atoms with Gasteiger partial charge in [0.05, 0.1) is 12.6 Å². The van der Waals surface area contributed by atoms with Crippen LogP contribution in [0.25, 0.3) is 11.4 Å². The van der Waals surface area contributed by atoms with Gasteiger partial charge in [-0.1, -0.05) is 36.4 Å². The van der Waals surface area contributed by atoms with Gasteiger partial charge in [-0.3, -0.25) is 4.79 Å². The number of aromatic nitrogens is 3. The molecule has 0 aliphatic carbocycles. The minimum absolute atomic E-state index is 0.0252. The van der Waals surface area contributed by atoms with Crippen LogP contribution in [0.1, 0.15) is 23.6 Å². The first-order chi connectivity index (χ1) is 17.7. The molecule has 9 nitrogen and oxygen atoms in total. The van der Waals surface area contributed by atoms with E-state index in [2.05, 4.69) is 15.0 Å². The molecule has 2 atom stereocenters. The summed E-state index contributed by atoms with van der Waals surface area (Å²) in [4.78, 5) is 28.8. The van der Waals surface area contributed by atoms with Gasteiger partial charge in [0.15, 0.2) is 5.82 Å². The summed E-state index contributed by atoms with van der Waals surface area (Å²) in [6, 6.07) is 13.1. The number of phenols is 1. The van der Waals surface area contributed by atoms with Gasteiger partial charge < -0.3 is 25.3 Å². The monoisotopic (exact) mass is 514 g/mol. The first-order valence-corrected chi connectivity index (χ1v) is 11.9. The van der Waals surface area contributed by atoms with Crippen molar-refractivity contribution in [3.63, 3.8) is 0 Å². The molecule has 3 aromatic rings. The van der Waals surface area contributed by atoms with Gasteiger partial charge in [-0.25, -0.2) is 0 Å². The molecule has 5 rings (SSSR count). The van der Waals surface area contributed by atoms with E-state index in [0.717, 1.165) is 11.1 Å². The zero-order valence-corrected chi connectivity index (χ0v) is 19.7. The first kappa shape index (κ1) is 24.8. The fraction of sp³-hybridized carbons (Fsp3) is 0.360. The number of nitrogens with one attached hydrogen (secondary N) is 1. The van der Waals surface area contributed by atoms with Crippen molar-refractivity contribution in [2.45, 2.75) is 31.1 Å². The number of anilines is 2. The Balaban J connectivity index is 1.50. The van der Waals surface area contributed by atoms with Crippen molar-refractivity contribution in [1.82, 2.24) is 20.3 Å². The van der Waals surface area contributed by atoms with Crippen LogP contribution in [0.15, 0.2) is 48.5 Å². The third-order valence-corrected chi connectivity index (χ3v) is 6.62. The molecule has 12 heteroatoms. The summed E-state index contributed by atoms with van der Waals surface area (Å²) >= 11 is 0. The number of aliphatic hydroxyl groups is 1. The maximum atomic E-state index is 12.7. The summed E-state index contributed by atoms with van der Waals surface area (Å²) in [5.74, 6) is -1.14. The quantitative estimate of drug-likeness (QED) is 0.476. The van der Waals surface area contributed by atoms with E-state index in [1.165, 1.54) is 12.1 Å². The highest BCUT2D eigenvalue weighted by Gasteiger charge is 2.41. The highest BCUT2D eigenvalue weighted by molar-refractivity contribution is 5.82. The lowest BCUT2D eigenvalue weighted by Gasteiger charge is -2.36. The molecule has 2 aliphatic rings. The summed E-state index contributed by atoms with van der Waals surface area (Å²) in [5, 5.41) is 22.3. The molecule has 1 amide bonds. The average Bonchev–Trinajstić information content (AvgIpc) is 3.35. The van der Waals surface area contributed by atoms with Gasteiger partial charge in [0, 0.05) is 31.2 Å². The Kier molecular flexibility index (Phi) is 6.59. The van der Waals surface area contributed by atoms with Crippen molar-refractivity contribution in [2.24, 2.45) is 0 Å². The molecule has 1 aromatic heterocycles. The number of alkyl halides is 3. The fourth-order valence-corrected chi connectivity index (χ4v) is 4.81. The second-order valence-electron chi connectivity index (χ2n) is 9.05. The number of hydrogen-bond donors (Lipinski definition) is 3. The van der Waals surface area contributed by atoms with Crippen molar-refractivity contribution in [2.75, 3.05) is 36.0 Å². The van der Waals surface area contributed by atoms with E-state index in [-0.39, 0.29) is 30.7 Å². The Labute approximate surface area is 210 Å². The van der Waals surface area contributed by atoms with Crippen molar-refractivity contribution in [3.05, 3.63) is 59.7 Å². The molecule has 0 radical (unpaired) electrons. The number of amides is 1. The summed E-state index contributed by atoms with van der Waals surface area (Å²) in [7, 11) is 0. The molecule has 1 unspecified atom stereocenters. The molecule has 3 heterocycles. The molecular formula is C25H25F3N6O3. The molecular weight excluding hydrogens is 489 g/mol. The molecule has 1 fully saturated rings. The normalized spacial score (nSPS) is 19.6. The molecule has 0 bridgehead atoms. The molecule has 3 N–H and O–H groups in total. The van der Waals surface area contributed by atoms with E-state index < -0.39 is 24.2 Å². The highest BCUT2D eigenvalue weighted by atomic mass is 19.4. The standard InChI is InChI=1S/C25H25F3N6O3/c26-25(27,28)22(37)29-17-9-10-33(13-17)23-30-21(16-5-3-6-18(36)12-16)31-24(32-23)34-11-8-15-4-1-2-7-19(15)20(34)14-35/h1-7,12,17,20,35-36H,8-11,13-14H2,(H,29,37)/t17-,20?/m1/s1. The summed E-state index contributed by atoms with van der Waals surface area (Å²) in [6.45, 7) is 0.791. The zero-order chi connectivity index (χ0) is 26.2. The number of aliphatic hydroxyl groups excluding tert-OH is 1. The molecule has 1 saturated heterocycles. The van der Waals surface area contributed by atoms with E-state index in [4.69, 9.17) is 0 Å². The number of carbonyl (C=O) groups is 1. The molecule has 0 spiro atoms. The Morgan fingerprint density at radius 2 is 1.84 bits per heavy atom. The Morgan fingerprint density at radius 1 is 1.05 bits per heavy atom. The summed E-state index contributed by atoms with van der Waals surface area (Å²) < 4.78 is 38.2. The third kappa shape index (κ3) is 5.15. The predicted octanol–water partition coefficient (Wildman–Crippen LogP) is 2.60. The lowest BCUT2D eigenvalue weighted by atomic mass is 9.93. The van der Waals surface area contributed by atoms with Gasteiger partial charge in [0.1, 0.15) is 5.75 Å². The van der Waals surface area contributed by atoms with Crippen LogP contribution in [0.5, 0.6) is 5.75 Å². The number of nitrogens with zero attached hydrogens (tertiary/aromatic N) is 5. The van der Waals surface area contributed by atoms with Crippen LogP contribution in [0, 0.1) is 0 Å². The molecule has 37 heavy (non-hydrogen) atoms. The predicted molar refractivity (Wildman–Crippen MR) is 129 cm³/mol. The lowest BCUT2D eigenvalue weighted by molar-refractivity contribution is -0.174. The van der Waals surface area contributed by atoms with Crippen LogP contribution in [0.3, 0.4) is 0 Å². The second-order valence-corrected chi connectivity index (χ2v) is 9.05. The van der Waals surface area contributed by atoms with Crippen molar-refractivity contribution in [1.29, 1.82) is 0 Å². The number of carbonyl (C=O) groups excluding carboxylic acids is 1. The van der Waals surface area contributed by atoms with E-state index in [9.17, 15) is 28.2 Å². The highest BCUT2D eigenvalue weighted by Crippen LogP contribution is 2.34. The SMILES string of the molecule is O=C(N[C@@H]1CCN(c2nc(-c3cccc(O)c3)nc(N3CCc4ccccc4C3CO)n2)C1)C(F)(F)F. The van der Waals surface area contributed by atoms with Crippen LogP contribution >= 0.6 is 0 Å². The zero-order valence-electron chi connectivity index (χ0n) is 19.7. The number of rotatable bonds is 5. The maximum absolute atomic E-state index is 12.7. The second kappa shape index (κ2) is 9.85. The van der Waals surface area contributed by atoms with Gasteiger partial charge >= 0.3 is 12.1 Å². The number of aromatic hydroxyl groups is 1. The van der Waals surface area contributed by atoms with Gasteiger partial charge in [0.2, 0.25) is 11.9 Å². The van der Waals surface area contributed by atoms with Crippen LogP contribution in [0.4, 0.5) is 25.1 Å². The summed E-state index contributed by atoms with van der Waals surface area (Å²) in [5.41, 5.74) is 2.63. The number of benzene rings is 2. The smallest absolute Gasteiger partial charge is 0.471 e. The topological polar surface area (TPSA) is 115 Å². The number of hydrogen-bond acceptors (Lipinski definition) is 8. The molecule has 194 valence electrons.